The molecule has 0 radical (unpaired) electrons. The summed E-state index contributed by atoms with van der Waals surface area (Å²) in [5, 5.41) is 1.40. The van der Waals surface area contributed by atoms with Crippen molar-refractivity contribution in [1.82, 2.24) is 5.06 Å². The highest BCUT2D eigenvalue weighted by atomic mass is 35.7. The number of halogens is 1. The zero-order valence-corrected chi connectivity index (χ0v) is 14.8. The Balaban J connectivity index is 2.37. The van der Waals surface area contributed by atoms with Gasteiger partial charge in [-0.2, -0.15) is 0 Å². The molecule has 1 aromatic carbocycles. The minimum atomic E-state index is -0.171. The van der Waals surface area contributed by atoms with Gasteiger partial charge in [0.15, 0.2) is 0 Å². The average molecular weight is 354 g/mol. The van der Waals surface area contributed by atoms with Gasteiger partial charge in [0.25, 0.3) is 5.91 Å². The number of carbonyl (C=O) groups is 1. The van der Waals surface area contributed by atoms with E-state index in [0.717, 1.165) is 33.5 Å². The molecule has 1 aliphatic heterocycles. The molecule has 0 atom stereocenters. The molecular weight excluding hydrogens is 334 g/mol. The first-order valence-electron chi connectivity index (χ1n) is 7.50. The van der Waals surface area contributed by atoms with E-state index in [4.69, 9.17) is 21.3 Å². The normalized spacial score (nSPS) is 13.7. The standard InChI is InChI=1S/C16H20ClN3O2S/c1-3-7-20(22-4-2)16(21)12-8-11-5-6-13(23-17)10-14(11)19-15(18)9-12/h5-6,8,10H,3-4,7,9H2,1-2H3,(H2,18,19). The van der Waals surface area contributed by atoms with Crippen LogP contribution in [0.1, 0.15) is 32.3 Å². The summed E-state index contributed by atoms with van der Waals surface area (Å²) in [5.74, 6) is 0.225. The maximum atomic E-state index is 12.7. The Morgan fingerprint density at radius 2 is 2.26 bits per heavy atom. The lowest BCUT2D eigenvalue weighted by atomic mass is 10.1. The van der Waals surface area contributed by atoms with Gasteiger partial charge in [-0.1, -0.05) is 13.0 Å². The Labute approximate surface area is 145 Å². The van der Waals surface area contributed by atoms with E-state index < -0.39 is 0 Å². The second-order valence-corrected chi connectivity index (χ2v) is 6.16. The van der Waals surface area contributed by atoms with Crippen LogP contribution in [0.15, 0.2) is 33.7 Å². The summed E-state index contributed by atoms with van der Waals surface area (Å²) in [6.07, 6.45) is 2.94. The number of hydroxylamine groups is 2. The van der Waals surface area contributed by atoms with Gasteiger partial charge in [0.2, 0.25) is 0 Å². The molecule has 0 unspecified atom stereocenters. The summed E-state index contributed by atoms with van der Waals surface area (Å²) in [6, 6.07) is 5.63. The quantitative estimate of drug-likeness (QED) is 0.787. The number of amides is 1. The number of amidine groups is 1. The summed E-state index contributed by atoms with van der Waals surface area (Å²) in [5.41, 5.74) is 8.10. The van der Waals surface area contributed by atoms with Gasteiger partial charge in [0.05, 0.1) is 12.3 Å². The predicted octanol–water partition coefficient (Wildman–Crippen LogP) is 3.90. The summed E-state index contributed by atoms with van der Waals surface area (Å²) >= 11 is 0. The van der Waals surface area contributed by atoms with E-state index >= 15 is 0 Å². The van der Waals surface area contributed by atoms with Crippen LogP contribution in [-0.4, -0.2) is 30.0 Å². The van der Waals surface area contributed by atoms with Crippen molar-refractivity contribution >= 4 is 45.2 Å². The molecule has 124 valence electrons. The third-order valence-electron chi connectivity index (χ3n) is 3.27. The predicted molar refractivity (Wildman–Crippen MR) is 95.7 cm³/mol. The molecule has 0 aliphatic carbocycles. The number of rotatable bonds is 6. The summed E-state index contributed by atoms with van der Waals surface area (Å²) < 4.78 is 0. The van der Waals surface area contributed by atoms with E-state index in [-0.39, 0.29) is 5.91 Å². The van der Waals surface area contributed by atoms with Crippen LogP contribution in [0.3, 0.4) is 0 Å². The van der Waals surface area contributed by atoms with Crippen molar-refractivity contribution in [2.75, 3.05) is 13.2 Å². The van der Waals surface area contributed by atoms with Crippen molar-refractivity contribution in [2.45, 2.75) is 31.6 Å². The molecule has 0 saturated heterocycles. The zero-order valence-electron chi connectivity index (χ0n) is 13.2. The molecule has 1 aromatic rings. The van der Waals surface area contributed by atoms with Crippen molar-refractivity contribution in [3.05, 3.63) is 29.3 Å². The number of aliphatic imine (C=N–C) groups is 1. The number of benzene rings is 1. The Bertz CT molecular complexity index is 640. The highest BCUT2D eigenvalue weighted by Crippen LogP contribution is 2.32. The maximum Gasteiger partial charge on any atom is 0.273 e. The van der Waals surface area contributed by atoms with Gasteiger partial charge in [0, 0.05) is 29.0 Å². The van der Waals surface area contributed by atoms with Crippen molar-refractivity contribution in [2.24, 2.45) is 10.7 Å². The fourth-order valence-electron chi connectivity index (χ4n) is 2.30. The average Bonchev–Trinajstić information content (AvgIpc) is 2.71. The molecule has 0 spiro atoms. The van der Waals surface area contributed by atoms with Gasteiger partial charge < -0.3 is 5.73 Å². The van der Waals surface area contributed by atoms with Crippen LogP contribution < -0.4 is 5.73 Å². The van der Waals surface area contributed by atoms with E-state index in [9.17, 15) is 4.79 Å². The second kappa shape index (κ2) is 8.38. The Morgan fingerprint density at radius 1 is 1.48 bits per heavy atom. The van der Waals surface area contributed by atoms with Crippen LogP contribution in [0.2, 0.25) is 0 Å². The van der Waals surface area contributed by atoms with Crippen molar-refractivity contribution in [1.29, 1.82) is 0 Å². The summed E-state index contributed by atoms with van der Waals surface area (Å²) in [6.45, 7) is 4.83. The third kappa shape index (κ3) is 4.50. The molecule has 1 aliphatic rings. The molecule has 1 amide bonds. The van der Waals surface area contributed by atoms with Gasteiger partial charge in [-0.15, -0.1) is 0 Å². The third-order valence-corrected chi connectivity index (χ3v) is 4.24. The summed E-state index contributed by atoms with van der Waals surface area (Å²) in [4.78, 5) is 23.4. The topological polar surface area (TPSA) is 67.9 Å². The number of carbonyl (C=O) groups excluding carboxylic acids is 1. The Hall–Kier alpha value is -1.50. The van der Waals surface area contributed by atoms with Gasteiger partial charge in [0.1, 0.15) is 5.84 Å². The number of hydrogen-bond donors (Lipinski definition) is 1. The SMILES string of the molecule is CCCN(OCC)C(=O)C1=Cc2ccc(SCl)cc2N=C(N)C1. The van der Waals surface area contributed by atoms with Crippen LogP contribution in [0.25, 0.3) is 6.08 Å². The van der Waals surface area contributed by atoms with Crippen LogP contribution in [-0.2, 0) is 9.63 Å². The molecular formula is C16H20ClN3O2S. The number of fused-ring (bicyclic) bond motifs is 1. The van der Waals surface area contributed by atoms with Crippen LogP contribution in [0.4, 0.5) is 5.69 Å². The van der Waals surface area contributed by atoms with Gasteiger partial charge in [-0.05, 0) is 53.2 Å². The maximum absolute atomic E-state index is 12.7. The number of nitrogens with two attached hydrogens (primary N) is 1. The van der Waals surface area contributed by atoms with Crippen molar-refractivity contribution in [3.63, 3.8) is 0 Å². The smallest absolute Gasteiger partial charge is 0.273 e. The molecule has 5 nitrogen and oxygen atoms in total. The molecule has 0 bridgehead atoms. The lowest BCUT2D eigenvalue weighted by Crippen LogP contribution is -2.34. The monoisotopic (exact) mass is 353 g/mol. The first-order chi connectivity index (χ1) is 11.1. The number of hydrogen-bond acceptors (Lipinski definition) is 5. The molecule has 2 rings (SSSR count). The van der Waals surface area contributed by atoms with E-state index in [1.807, 2.05) is 38.1 Å². The van der Waals surface area contributed by atoms with E-state index in [1.54, 1.807) is 0 Å². The molecule has 23 heavy (non-hydrogen) atoms. The molecule has 0 fully saturated rings. The van der Waals surface area contributed by atoms with Crippen LogP contribution in [0, 0.1) is 0 Å². The largest absolute Gasteiger partial charge is 0.387 e. The van der Waals surface area contributed by atoms with Crippen LogP contribution >= 0.6 is 21.7 Å². The lowest BCUT2D eigenvalue weighted by molar-refractivity contribution is -0.180. The first kappa shape index (κ1) is 17.8. The van der Waals surface area contributed by atoms with Gasteiger partial charge in [-0.3, -0.25) is 9.63 Å². The summed E-state index contributed by atoms with van der Waals surface area (Å²) in [7, 11) is 6.90. The highest BCUT2D eigenvalue weighted by molar-refractivity contribution is 8.21. The van der Waals surface area contributed by atoms with E-state index in [0.29, 0.717) is 31.0 Å². The van der Waals surface area contributed by atoms with Gasteiger partial charge >= 0.3 is 0 Å². The Kier molecular flexibility index (Phi) is 6.50. The highest BCUT2D eigenvalue weighted by Gasteiger charge is 2.21. The Morgan fingerprint density at radius 3 is 2.91 bits per heavy atom. The minimum absolute atomic E-state index is 0.171. The molecule has 0 saturated carbocycles. The fraction of sp³-hybridized carbons (Fsp3) is 0.375. The van der Waals surface area contributed by atoms with Crippen molar-refractivity contribution in [3.8, 4) is 0 Å². The fourth-order valence-corrected chi connectivity index (χ4v) is 2.86. The molecule has 0 aromatic heterocycles. The van der Waals surface area contributed by atoms with E-state index in [1.165, 1.54) is 5.06 Å². The van der Waals surface area contributed by atoms with E-state index in [2.05, 4.69) is 4.99 Å². The first-order valence-corrected chi connectivity index (χ1v) is 9.14. The second-order valence-electron chi connectivity index (χ2n) is 5.07. The molecule has 2 N–H and O–H groups in total. The lowest BCUT2D eigenvalue weighted by Gasteiger charge is -2.21. The van der Waals surface area contributed by atoms with Gasteiger partial charge in [-0.25, -0.2) is 10.1 Å². The van der Waals surface area contributed by atoms with Crippen molar-refractivity contribution < 1.29 is 9.63 Å². The number of nitrogens with zero attached hydrogens (tertiary/aromatic N) is 2. The minimum Gasteiger partial charge on any atom is -0.387 e. The molecule has 1 heterocycles. The molecule has 7 heteroatoms. The van der Waals surface area contributed by atoms with Crippen LogP contribution in [0.5, 0.6) is 0 Å². The zero-order chi connectivity index (χ0) is 16.8.